The van der Waals surface area contributed by atoms with Crippen molar-refractivity contribution in [1.29, 1.82) is 0 Å². The van der Waals surface area contributed by atoms with Crippen LogP contribution in [-0.4, -0.2) is 17.5 Å². The Morgan fingerprint density at radius 3 is 2.57 bits per heavy atom. The van der Waals surface area contributed by atoms with Crippen LogP contribution < -0.4 is 5.32 Å². The highest BCUT2D eigenvalue weighted by Crippen LogP contribution is 2.44. The van der Waals surface area contributed by atoms with Crippen molar-refractivity contribution in [1.82, 2.24) is 0 Å². The van der Waals surface area contributed by atoms with Gasteiger partial charge in [0.1, 0.15) is 5.60 Å². The average molecular weight is 378 g/mol. The monoisotopic (exact) mass is 377 g/mol. The van der Waals surface area contributed by atoms with E-state index in [1.807, 2.05) is 25.1 Å². The molecule has 0 atom stereocenters. The third-order valence-electron chi connectivity index (χ3n) is 4.73. The molecule has 1 aromatic carbocycles. The molecule has 1 aliphatic heterocycles. The average Bonchev–Trinajstić information content (AvgIpc) is 2.74. The van der Waals surface area contributed by atoms with Gasteiger partial charge < -0.3 is 10.1 Å². The molecule has 1 spiro atoms. The maximum Gasteiger partial charge on any atom is 0.335 e. The van der Waals surface area contributed by atoms with Gasteiger partial charge >= 0.3 is 5.97 Å². The fourth-order valence-corrected chi connectivity index (χ4v) is 3.76. The predicted molar refractivity (Wildman–Crippen MR) is 92.1 cm³/mol. The first-order valence-corrected chi connectivity index (χ1v) is 8.74. The molecular formula is C18H20BrNO3. The maximum absolute atomic E-state index is 12.8. The Morgan fingerprint density at radius 2 is 1.91 bits per heavy atom. The minimum absolute atomic E-state index is 0.225. The summed E-state index contributed by atoms with van der Waals surface area (Å²) in [6, 6.07) is 5.65. The van der Waals surface area contributed by atoms with Crippen LogP contribution in [0.4, 0.5) is 5.69 Å². The number of anilines is 1. The lowest BCUT2D eigenvalue weighted by atomic mass is 9.78. The van der Waals surface area contributed by atoms with Crippen LogP contribution in [0.15, 0.2) is 33.8 Å². The summed E-state index contributed by atoms with van der Waals surface area (Å²) in [5.41, 5.74) is 2.01. The smallest absolute Gasteiger partial charge is 0.335 e. The Hall–Kier alpha value is -1.62. The number of hydrogen-bond acceptors (Lipinski definition) is 3. The lowest BCUT2D eigenvalue weighted by Gasteiger charge is -2.34. The number of benzene rings is 1. The molecule has 1 heterocycles. The number of halogens is 1. The Bertz CT molecular complexity index is 702. The highest BCUT2D eigenvalue weighted by atomic mass is 79.9. The second-order valence-corrected chi connectivity index (χ2v) is 7.22. The Kier molecular flexibility index (Phi) is 4.32. The molecule has 5 heteroatoms. The highest BCUT2D eigenvalue weighted by Gasteiger charge is 2.49. The Labute approximate surface area is 144 Å². The first-order valence-electron chi connectivity index (χ1n) is 7.95. The van der Waals surface area contributed by atoms with E-state index in [1.165, 1.54) is 0 Å². The molecule has 0 bridgehead atoms. The number of esters is 1. The molecule has 1 saturated carbocycles. The molecular weight excluding hydrogens is 358 g/mol. The first kappa shape index (κ1) is 16.2. The molecule has 4 nitrogen and oxygen atoms in total. The Morgan fingerprint density at radius 1 is 1.22 bits per heavy atom. The van der Waals surface area contributed by atoms with E-state index < -0.39 is 5.60 Å². The van der Waals surface area contributed by atoms with E-state index >= 15 is 0 Å². The first-order chi connectivity index (χ1) is 10.9. The molecule has 0 radical (unpaired) electrons. The minimum Gasteiger partial charge on any atom is -0.451 e. The van der Waals surface area contributed by atoms with Gasteiger partial charge in [-0.05, 0) is 63.3 Å². The Balaban J connectivity index is 1.89. The van der Waals surface area contributed by atoms with Crippen LogP contribution in [0.1, 0.15) is 44.6 Å². The van der Waals surface area contributed by atoms with E-state index in [0.29, 0.717) is 11.1 Å². The van der Waals surface area contributed by atoms with Crippen molar-refractivity contribution in [3.8, 4) is 0 Å². The van der Waals surface area contributed by atoms with Crippen LogP contribution in [0.25, 0.3) is 0 Å². The summed E-state index contributed by atoms with van der Waals surface area (Å²) >= 11 is 3.45. The third kappa shape index (κ3) is 2.94. The molecule has 23 heavy (non-hydrogen) atoms. The van der Waals surface area contributed by atoms with Gasteiger partial charge in [0, 0.05) is 15.7 Å². The van der Waals surface area contributed by atoms with Gasteiger partial charge in [-0.25, -0.2) is 4.79 Å². The summed E-state index contributed by atoms with van der Waals surface area (Å²) in [6.07, 6.45) is 4.55. The quantitative estimate of drug-likeness (QED) is 0.782. The third-order valence-corrected chi connectivity index (χ3v) is 5.62. The lowest BCUT2D eigenvalue weighted by molar-refractivity contribution is -0.149. The van der Waals surface area contributed by atoms with Crippen LogP contribution in [0.3, 0.4) is 0 Å². The van der Waals surface area contributed by atoms with Crippen molar-refractivity contribution in [2.75, 3.05) is 5.32 Å². The van der Waals surface area contributed by atoms with Crippen LogP contribution in [0, 0.1) is 6.92 Å². The normalized spacial score (nSPS) is 19.9. The molecule has 1 aliphatic carbocycles. The molecule has 1 N–H and O–H groups in total. The second kappa shape index (κ2) is 6.11. The van der Waals surface area contributed by atoms with Crippen LogP contribution in [0.2, 0.25) is 0 Å². The van der Waals surface area contributed by atoms with Crippen LogP contribution in [-0.2, 0) is 14.3 Å². The number of carbonyl (C=O) groups is 2. The van der Waals surface area contributed by atoms with Crippen molar-refractivity contribution in [3.05, 3.63) is 39.4 Å². The topological polar surface area (TPSA) is 55.4 Å². The SMILES string of the molecule is CC1=C(C(=O)Nc2ccc(Br)c(C)c2)C2(CCCCC2)OC1=O. The van der Waals surface area contributed by atoms with Crippen LogP contribution in [0.5, 0.6) is 0 Å². The molecule has 1 aromatic rings. The minimum atomic E-state index is -0.714. The number of carbonyl (C=O) groups excluding carboxylic acids is 2. The summed E-state index contributed by atoms with van der Waals surface area (Å²) in [6.45, 7) is 3.66. The van der Waals surface area contributed by atoms with Gasteiger partial charge in [-0.15, -0.1) is 0 Å². The molecule has 0 aromatic heterocycles. The standard InChI is InChI=1S/C18H20BrNO3/c1-11-10-13(6-7-14(11)19)20-16(21)15-12(2)17(22)23-18(15)8-4-3-5-9-18/h6-7,10H,3-5,8-9H2,1-2H3,(H,20,21). The van der Waals surface area contributed by atoms with Crippen molar-refractivity contribution >= 4 is 33.5 Å². The van der Waals surface area contributed by atoms with E-state index in [9.17, 15) is 9.59 Å². The molecule has 122 valence electrons. The van der Waals surface area contributed by atoms with Crippen LogP contribution >= 0.6 is 15.9 Å². The van der Waals surface area contributed by atoms with Crippen molar-refractivity contribution in [3.63, 3.8) is 0 Å². The number of amides is 1. The van der Waals surface area contributed by atoms with Crippen molar-refractivity contribution < 1.29 is 14.3 Å². The number of ether oxygens (including phenoxy) is 1. The lowest BCUT2D eigenvalue weighted by Crippen LogP contribution is -2.39. The van der Waals surface area contributed by atoms with Crippen molar-refractivity contribution in [2.45, 2.75) is 51.6 Å². The molecule has 0 saturated heterocycles. The molecule has 1 fully saturated rings. The summed E-state index contributed by atoms with van der Waals surface area (Å²) in [5, 5.41) is 2.92. The van der Waals surface area contributed by atoms with Gasteiger partial charge in [-0.3, -0.25) is 4.79 Å². The van der Waals surface area contributed by atoms with Crippen molar-refractivity contribution in [2.24, 2.45) is 0 Å². The van der Waals surface area contributed by atoms with Gasteiger partial charge in [0.05, 0.1) is 5.57 Å². The van der Waals surface area contributed by atoms with E-state index in [0.717, 1.165) is 47.8 Å². The van der Waals surface area contributed by atoms with Gasteiger partial charge in [0.2, 0.25) is 0 Å². The molecule has 3 rings (SSSR count). The number of aryl methyl sites for hydroxylation is 1. The van der Waals surface area contributed by atoms with E-state index in [-0.39, 0.29) is 11.9 Å². The zero-order chi connectivity index (χ0) is 16.6. The maximum atomic E-state index is 12.8. The van der Waals surface area contributed by atoms with E-state index in [4.69, 9.17) is 4.74 Å². The van der Waals surface area contributed by atoms with Gasteiger partial charge in [-0.1, -0.05) is 22.4 Å². The highest BCUT2D eigenvalue weighted by molar-refractivity contribution is 9.10. The zero-order valence-corrected chi connectivity index (χ0v) is 15.0. The number of hydrogen-bond donors (Lipinski definition) is 1. The molecule has 1 amide bonds. The summed E-state index contributed by atoms with van der Waals surface area (Å²) in [7, 11) is 0. The second-order valence-electron chi connectivity index (χ2n) is 6.36. The van der Waals surface area contributed by atoms with Gasteiger partial charge in [-0.2, -0.15) is 0 Å². The summed E-state index contributed by atoms with van der Waals surface area (Å²) in [4.78, 5) is 24.9. The number of rotatable bonds is 2. The van der Waals surface area contributed by atoms with Gasteiger partial charge in [0.15, 0.2) is 0 Å². The molecule has 2 aliphatic rings. The fraction of sp³-hybridized carbons (Fsp3) is 0.444. The van der Waals surface area contributed by atoms with E-state index in [1.54, 1.807) is 6.92 Å². The summed E-state index contributed by atoms with van der Waals surface area (Å²) < 4.78 is 6.63. The molecule has 0 unspecified atom stereocenters. The zero-order valence-electron chi connectivity index (χ0n) is 13.4. The fourth-order valence-electron chi connectivity index (χ4n) is 3.52. The number of nitrogens with one attached hydrogen (secondary N) is 1. The predicted octanol–water partition coefficient (Wildman–Crippen LogP) is 4.27. The largest absolute Gasteiger partial charge is 0.451 e. The summed E-state index contributed by atoms with van der Waals surface area (Å²) in [5.74, 6) is -0.582. The van der Waals surface area contributed by atoms with Gasteiger partial charge in [0.25, 0.3) is 5.91 Å². The van der Waals surface area contributed by atoms with E-state index in [2.05, 4.69) is 21.2 Å².